The number of anilines is 1. The Hall–Kier alpha value is -2.02. The quantitative estimate of drug-likeness (QED) is 0.618. The number of nitrogens with one attached hydrogen (secondary N) is 2. The molecule has 0 spiro atoms. The molecule has 1 aromatic rings. The molecular weight excluding hydrogens is 308 g/mol. The molecule has 1 heterocycles. The largest absolute Gasteiger partial charge is 0.385 e. The average molecular weight is 326 g/mol. The Morgan fingerprint density at radius 3 is 2.95 bits per heavy atom. The zero-order valence-corrected chi connectivity index (χ0v) is 13.0. The van der Waals surface area contributed by atoms with Gasteiger partial charge in [-0.1, -0.05) is 0 Å². The molecule has 2 N–H and O–H groups in total. The summed E-state index contributed by atoms with van der Waals surface area (Å²) in [7, 11) is -2.03. The monoisotopic (exact) mass is 326 g/mol. The van der Waals surface area contributed by atoms with Gasteiger partial charge in [0.1, 0.15) is 5.82 Å². The fourth-order valence-corrected chi connectivity index (χ4v) is 2.57. The lowest BCUT2D eigenvalue weighted by atomic mass is 10.2. The van der Waals surface area contributed by atoms with Crippen LogP contribution in [0.2, 0.25) is 0 Å². The summed E-state index contributed by atoms with van der Waals surface area (Å²) in [5, 5.41) is 11.1. The molecule has 0 aromatic carbocycles. The van der Waals surface area contributed by atoms with E-state index in [1.165, 1.54) is 13.3 Å². The zero-order chi connectivity index (χ0) is 16.4. The number of nitriles is 1. The van der Waals surface area contributed by atoms with Gasteiger partial charge >= 0.3 is 0 Å². The Morgan fingerprint density at radius 2 is 2.27 bits per heavy atom. The van der Waals surface area contributed by atoms with Crippen LogP contribution in [0, 0.1) is 11.3 Å². The molecule has 0 saturated carbocycles. The number of nitrogens with zero attached hydrogens (tertiary/aromatic N) is 2. The minimum absolute atomic E-state index is 0.107. The van der Waals surface area contributed by atoms with E-state index in [9.17, 15) is 13.2 Å². The number of hydrogen-bond donors (Lipinski definition) is 2. The number of hydrogen-bond acceptors (Lipinski definition) is 6. The standard InChI is InChI=1S/C13H18N4O4S/c1-21-7-2-8-22(19,20)16-10-13(18)17-12-9-11(3-5-14)4-6-15-12/h4,6,9,16H,2-3,7-8,10H2,1H3,(H,15,17,18). The van der Waals surface area contributed by atoms with Crippen LogP contribution in [0.25, 0.3) is 0 Å². The predicted octanol–water partition coefficient (Wildman–Crippen LogP) is 0.0421. The molecule has 8 nitrogen and oxygen atoms in total. The van der Waals surface area contributed by atoms with E-state index in [4.69, 9.17) is 10.00 Å². The maximum atomic E-state index is 11.7. The summed E-state index contributed by atoms with van der Waals surface area (Å²) in [5.41, 5.74) is 0.716. The molecule has 1 rings (SSSR count). The summed E-state index contributed by atoms with van der Waals surface area (Å²) < 4.78 is 30.2. The molecule has 0 bridgehead atoms. The highest BCUT2D eigenvalue weighted by Crippen LogP contribution is 2.06. The number of ether oxygens (including phenoxy) is 1. The summed E-state index contributed by atoms with van der Waals surface area (Å²) in [6.45, 7) is -0.0395. The van der Waals surface area contributed by atoms with Gasteiger partial charge < -0.3 is 10.1 Å². The van der Waals surface area contributed by atoms with Gasteiger partial charge in [-0.15, -0.1) is 0 Å². The third-order valence-corrected chi connectivity index (χ3v) is 4.00. The first-order valence-corrected chi connectivity index (χ1v) is 8.20. The summed E-state index contributed by atoms with van der Waals surface area (Å²) in [6.07, 6.45) is 2.03. The van der Waals surface area contributed by atoms with Crippen molar-refractivity contribution in [3.05, 3.63) is 23.9 Å². The fourth-order valence-electron chi connectivity index (χ4n) is 1.57. The van der Waals surface area contributed by atoms with Crippen molar-refractivity contribution < 1.29 is 17.9 Å². The Balaban J connectivity index is 2.46. The summed E-state index contributed by atoms with van der Waals surface area (Å²) in [4.78, 5) is 15.6. The maximum absolute atomic E-state index is 11.7. The number of aromatic nitrogens is 1. The van der Waals surface area contributed by atoms with Crippen molar-refractivity contribution in [2.24, 2.45) is 0 Å². The smallest absolute Gasteiger partial charge is 0.240 e. The van der Waals surface area contributed by atoms with Crippen LogP contribution in [0.4, 0.5) is 5.82 Å². The minimum Gasteiger partial charge on any atom is -0.385 e. The molecule has 0 aliphatic heterocycles. The highest BCUT2D eigenvalue weighted by molar-refractivity contribution is 7.89. The number of pyridine rings is 1. The van der Waals surface area contributed by atoms with E-state index in [0.717, 1.165) is 0 Å². The molecule has 0 unspecified atom stereocenters. The van der Waals surface area contributed by atoms with Crippen molar-refractivity contribution in [2.75, 3.05) is 31.3 Å². The first-order valence-electron chi connectivity index (χ1n) is 6.55. The minimum atomic E-state index is -3.51. The third kappa shape index (κ3) is 7.12. The predicted molar refractivity (Wildman–Crippen MR) is 80.5 cm³/mol. The molecular formula is C13H18N4O4S. The van der Waals surface area contributed by atoms with Crippen molar-refractivity contribution in [1.82, 2.24) is 9.71 Å². The van der Waals surface area contributed by atoms with Crippen molar-refractivity contribution >= 4 is 21.7 Å². The van der Waals surface area contributed by atoms with Gasteiger partial charge in [0.05, 0.1) is 24.8 Å². The molecule has 0 atom stereocenters. The van der Waals surface area contributed by atoms with Crippen LogP contribution in [-0.2, 0) is 26.0 Å². The van der Waals surface area contributed by atoms with Gasteiger partial charge in [0.15, 0.2) is 0 Å². The van der Waals surface area contributed by atoms with Gasteiger partial charge in [0.2, 0.25) is 15.9 Å². The fraction of sp³-hybridized carbons (Fsp3) is 0.462. The highest BCUT2D eigenvalue weighted by Gasteiger charge is 2.12. The lowest BCUT2D eigenvalue weighted by Crippen LogP contribution is -2.34. The van der Waals surface area contributed by atoms with Crippen molar-refractivity contribution in [1.29, 1.82) is 5.26 Å². The molecule has 9 heteroatoms. The lowest BCUT2D eigenvalue weighted by molar-refractivity contribution is -0.115. The molecule has 0 saturated heterocycles. The van der Waals surface area contributed by atoms with E-state index in [2.05, 4.69) is 15.0 Å². The van der Waals surface area contributed by atoms with Crippen LogP contribution < -0.4 is 10.0 Å². The van der Waals surface area contributed by atoms with Gasteiger partial charge in [-0.2, -0.15) is 5.26 Å². The van der Waals surface area contributed by atoms with E-state index in [-0.39, 0.29) is 24.5 Å². The molecule has 120 valence electrons. The van der Waals surface area contributed by atoms with Gasteiger partial charge in [0, 0.05) is 19.9 Å². The molecule has 0 radical (unpaired) electrons. The Labute approximate surface area is 129 Å². The van der Waals surface area contributed by atoms with Gasteiger partial charge in [-0.3, -0.25) is 4.79 Å². The van der Waals surface area contributed by atoms with Crippen molar-refractivity contribution in [3.63, 3.8) is 0 Å². The first-order chi connectivity index (χ1) is 10.5. The molecule has 0 aliphatic carbocycles. The number of sulfonamides is 1. The number of rotatable bonds is 9. The SMILES string of the molecule is COCCCS(=O)(=O)NCC(=O)Nc1cc(CC#N)ccn1. The number of carbonyl (C=O) groups excluding carboxylic acids is 1. The summed E-state index contributed by atoms with van der Waals surface area (Å²) >= 11 is 0. The van der Waals surface area contributed by atoms with E-state index < -0.39 is 15.9 Å². The molecule has 22 heavy (non-hydrogen) atoms. The lowest BCUT2D eigenvalue weighted by Gasteiger charge is -2.07. The van der Waals surface area contributed by atoms with Gasteiger partial charge in [-0.25, -0.2) is 18.1 Å². The first kappa shape index (κ1) is 18.0. The Bertz CT molecular complexity index is 640. The normalized spacial score (nSPS) is 10.9. The van der Waals surface area contributed by atoms with Crippen LogP contribution in [0.3, 0.4) is 0 Å². The van der Waals surface area contributed by atoms with E-state index in [1.807, 2.05) is 6.07 Å². The number of carbonyl (C=O) groups is 1. The number of methoxy groups -OCH3 is 1. The van der Waals surface area contributed by atoms with Crippen LogP contribution in [-0.4, -0.2) is 45.3 Å². The highest BCUT2D eigenvalue weighted by atomic mass is 32.2. The second-order valence-electron chi connectivity index (χ2n) is 4.42. The van der Waals surface area contributed by atoms with Crippen LogP contribution >= 0.6 is 0 Å². The van der Waals surface area contributed by atoms with Gasteiger partial charge in [-0.05, 0) is 24.1 Å². The molecule has 0 aliphatic rings. The van der Waals surface area contributed by atoms with Crippen LogP contribution in [0.1, 0.15) is 12.0 Å². The van der Waals surface area contributed by atoms with E-state index >= 15 is 0 Å². The molecule has 1 amide bonds. The topological polar surface area (TPSA) is 121 Å². The van der Waals surface area contributed by atoms with Gasteiger partial charge in [0.25, 0.3) is 0 Å². The number of amides is 1. The third-order valence-electron chi connectivity index (χ3n) is 2.59. The summed E-state index contributed by atoms with van der Waals surface area (Å²) in [6, 6.07) is 5.22. The molecule has 0 fully saturated rings. The van der Waals surface area contributed by atoms with Crippen LogP contribution in [0.5, 0.6) is 0 Å². The molecule has 1 aromatic heterocycles. The van der Waals surface area contributed by atoms with Crippen LogP contribution in [0.15, 0.2) is 18.3 Å². The van der Waals surface area contributed by atoms with Crippen molar-refractivity contribution in [2.45, 2.75) is 12.8 Å². The maximum Gasteiger partial charge on any atom is 0.240 e. The van der Waals surface area contributed by atoms with Crippen molar-refractivity contribution in [3.8, 4) is 6.07 Å². The Morgan fingerprint density at radius 1 is 1.50 bits per heavy atom. The Kier molecular flexibility index (Phi) is 7.45. The van der Waals surface area contributed by atoms with E-state index in [1.54, 1.807) is 12.1 Å². The van der Waals surface area contributed by atoms with E-state index in [0.29, 0.717) is 18.6 Å². The summed E-state index contributed by atoms with van der Waals surface area (Å²) in [5.74, 6) is -0.363. The zero-order valence-electron chi connectivity index (χ0n) is 12.2. The second-order valence-corrected chi connectivity index (χ2v) is 6.35. The average Bonchev–Trinajstić information content (AvgIpc) is 2.46. The second kappa shape index (κ2) is 9.09.